The van der Waals surface area contributed by atoms with Gasteiger partial charge in [-0.15, -0.1) is 0 Å². The van der Waals surface area contributed by atoms with Crippen LogP contribution in [0.1, 0.15) is 71.2 Å². The molecule has 57 heavy (non-hydrogen) atoms. The number of benzene rings is 3. The molecule has 2 aromatic heterocycles. The van der Waals surface area contributed by atoms with Gasteiger partial charge in [-0.1, -0.05) is 48.5 Å². The quantitative estimate of drug-likeness (QED) is 0.0890. The largest absolute Gasteiger partial charge is 0.506 e. The average molecular weight is 778 g/mol. The lowest BCUT2D eigenvalue weighted by Crippen LogP contribution is -2.52. The Morgan fingerprint density at radius 2 is 1.81 bits per heavy atom. The minimum absolute atomic E-state index is 0.0604. The second kappa shape index (κ2) is 18.0. The van der Waals surface area contributed by atoms with Crippen LogP contribution in [0.25, 0.3) is 10.9 Å². The summed E-state index contributed by atoms with van der Waals surface area (Å²) in [4.78, 5) is 45.2. The number of ether oxygens (including phenoxy) is 2. The van der Waals surface area contributed by atoms with Gasteiger partial charge >= 0.3 is 6.09 Å². The number of phenolic OH excluding ortho intramolecular Hbond substituents is 1. The number of aliphatic hydroxyl groups excluding tert-OH is 1. The van der Waals surface area contributed by atoms with Crippen LogP contribution in [-0.2, 0) is 18.4 Å². The first-order chi connectivity index (χ1) is 27.7. The Balaban J connectivity index is 0.920. The number of nitrogens with one attached hydrogen (secondary N) is 3. The zero-order valence-corrected chi connectivity index (χ0v) is 32.4. The van der Waals surface area contributed by atoms with Gasteiger partial charge in [-0.3, -0.25) is 19.2 Å². The fourth-order valence-electron chi connectivity index (χ4n) is 7.88. The van der Waals surface area contributed by atoms with Crippen molar-refractivity contribution < 1.29 is 29.3 Å². The van der Waals surface area contributed by atoms with E-state index in [2.05, 4.69) is 25.6 Å². The van der Waals surface area contributed by atoms with Crippen molar-refractivity contribution >= 4 is 22.9 Å². The maximum absolute atomic E-state index is 13.5. The molecular formula is C43H51N7O7. The van der Waals surface area contributed by atoms with Gasteiger partial charge in [-0.05, 0) is 98.8 Å². The summed E-state index contributed by atoms with van der Waals surface area (Å²) in [6.07, 6.45) is 1.36. The van der Waals surface area contributed by atoms with Gasteiger partial charge in [0, 0.05) is 44.7 Å². The number of fused-ring (bicyclic) bond motifs is 4. The fraction of sp³-hybridized carbons (Fsp3) is 0.395. The minimum atomic E-state index is -0.870. The number of amides is 2. The van der Waals surface area contributed by atoms with Crippen molar-refractivity contribution in [2.75, 3.05) is 45.8 Å². The van der Waals surface area contributed by atoms with E-state index in [1.54, 1.807) is 34.8 Å². The van der Waals surface area contributed by atoms with E-state index >= 15 is 0 Å². The number of H-pyrrole nitrogens is 1. The summed E-state index contributed by atoms with van der Waals surface area (Å²) in [6.45, 7) is 6.81. The lowest BCUT2D eigenvalue weighted by atomic mass is 9.86. The van der Waals surface area contributed by atoms with Gasteiger partial charge in [-0.25, -0.2) is 4.79 Å². The summed E-state index contributed by atoms with van der Waals surface area (Å²) in [5.74, 6) is 0.769. The first-order valence-electron chi connectivity index (χ1n) is 19.7. The van der Waals surface area contributed by atoms with Crippen LogP contribution in [0.15, 0.2) is 89.7 Å². The monoisotopic (exact) mass is 777 g/mol. The maximum Gasteiger partial charge on any atom is 0.408 e. The zero-order chi connectivity index (χ0) is 39.9. The van der Waals surface area contributed by atoms with Gasteiger partial charge in [0.2, 0.25) is 5.56 Å². The number of pyridine rings is 1. The van der Waals surface area contributed by atoms with Crippen LogP contribution in [0.4, 0.5) is 4.79 Å². The van der Waals surface area contributed by atoms with E-state index < -0.39 is 18.2 Å². The normalized spacial score (nSPS) is 18.5. The Hall–Kier alpha value is -5.70. The van der Waals surface area contributed by atoms with Crippen molar-refractivity contribution in [2.24, 2.45) is 13.0 Å². The molecule has 0 spiro atoms. The molecule has 1 unspecified atom stereocenters. The number of phenols is 1. The van der Waals surface area contributed by atoms with Crippen LogP contribution in [0.5, 0.6) is 11.5 Å². The highest BCUT2D eigenvalue weighted by molar-refractivity contribution is 5.92. The van der Waals surface area contributed by atoms with Gasteiger partial charge in [0.15, 0.2) is 5.69 Å². The number of piperidine rings is 3. The van der Waals surface area contributed by atoms with Crippen molar-refractivity contribution in [1.82, 2.24) is 35.2 Å². The SMILES string of the molecule is CCN(CCCNC[C@@H](O)c1ccc(O)c2[nH]c(=O)ccc12)C(=O)c1cc(COc2cccc(C(NC(=O)O[C@H]3CN4CCC3CC4)c3ccccc3)c2)n(C)n1. The number of nitrogens with zero attached hydrogens (tertiary/aromatic N) is 4. The predicted molar refractivity (Wildman–Crippen MR) is 215 cm³/mol. The standard InChI is InChI=1S/C43H51N7O7/c1-3-50(20-8-19-44-25-37(52)33-13-15-36(51)41-34(33)14-16-39(53)45-41)42(54)35-24-31(48(2)47-35)27-56-32-12-7-11-30(23-32)40(29-9-5-4-6-10-29)46-43(55)57-38-26-49-21-17-28(38)18-22-49/h4-7,9-16,23-24,28,37-38,40,44,51-52H,3,8,17-22,25-27H2,1-2H3,(H,45,53)(H,46,55)/t37-,38+,40?/m1/s1. The van der Waals surface area contributed by atoms with Crippen LogP contribution < -0.4 is 20.9 Å². The van der Waals surface area contributed by atoms with Crippen LogP contribution in [0.3, 0.4) is 0 Å². The van der Waals surface area contributed by atoms with Crippen molar-refractivity contribution in [3.05, 3.63) is 123 Å². The summed E-state index contributed by atoms with van der Waals surface area (Å²) >= 11 is 0. The number of carbonyl (C=O) groups is 2. The first kappa shape index (κ1) is 39.5. The molecule has 3 aliphatic rings. The molecule has 14 heteroatoms. The molecule has 3 aliphatic heterocycles. The lowest BCUT2D eigenvalue weighted by molar-refractivity contribution is -0.0336. The molecule has 3 saturated heterocycles. The number of hydrogen-bond donors (Lipinski definition) is 5. The maximum atomic E-state index is 13.5. The molecule has 14 nitrogen and oxygen atoms in total. The second-order valence-corrected chi connectivity index (χ2v) is 14.8. The summed E-state index contributed by atoms with van der Waals surface area (Å²) in [5.41, 5.74) is 3.35. The number of alkyl carbamates (subject to hydrolysis) is 1. The van der Waals surface area contributed by atoms with Gasteiger partial charge in [0.25, 0.3) is 5.91 Å². The van der Waals surface area contributed by atoms with Crippen LogP contribution in [-0.4, -0.2) is 98.7 Å². The van der Waals surface area contributed by atoms with Gasteiger partial charge in [0.05, 0.1) is 23.4 Å². The molecule has 5 aromatic rings. The number of carbonyl (C=O) groups excluding carboxylic acids is 2. The fourth-order valence-corrected chi connectivity index (χ4v) is 7.88. The van der Waals surface area contributed by atoms with E-state index in [1.807, 2.05) is 61.5 Å². The third-order valence-electron chi connectivity index (χ3n) is 11.1. The van der Waals surface area contributed by atoms with Crippen molar-refractivity contribution in [3.8, 4) is 11.5 Å². The Morgan fingerprint density at radius 1 is 1.02 bits per heavy atom. The Labute approximate surface area is 331 Å². The highest BCUT2D eigenvalue weighted by Crippen LogP contribution is 2.31. The minimum Gasteiger partial charge on any atom is -0.506 e. The molecule has 2 amide bonds. The molecule has 0 aliphatic carbocycles. The third kappa shape index (κ3) is 9.47. The summed E-state index contributed by atoms with van der Waals surface area (Å²) in [6, 6.07) is 24.8. The summed E-state index contributed by atoms with van der Waals surface area (Å²) in [7, 11) is 1.78. The number of aromatic hydroxyl groups is 1. The smallest absolute Gasteiger partial charge is 0.408 e. The third-order valence-corrected chi connectivity index (χ3v) is 11.1. The van der Waals surface area contributed by atoms with E-state index in [0.29, 0.717) is 54.4 Å². The van der Waals surface area contributed by atoms with Crippen molar-refractivity contribution in [3.63, 3.8) is 0 Å². The Kier molecular flexibility index (Phi) is 12.5. The van der Waals surface area contributed by atoms with E-state index in [9.17, 15) is 24.6 Å². The molecule has 3 fully saturated rings. The number of rotatable bonds is 16. The van der Waals surface area contributed by atoms with E-state index in [-0.39, 0.29) is 42.0 Å². The molecular weight excluding hydrogens is 727 g/mol. The van der Waals surface area contributed by atoms with E-state index in [1.165, 1.54) is 12.1 Å². The molecule has 0 saturated carbocycles. The molecule has 0 radical (unpaired) electrons. The summed E-state index contributed by atoms with van der Waals surface area (Å²) in [5, 5.41) is 32.4. The molecule has 300 valence electrons. The molecule has 3 aromatic carbocycles. The Morgan fingerprint density at radius 3 is 2.56 bits per heavy atom. The number of aromatic nitrogens is 3. The van der Waals surface area contributed by atoms with Crippen molar-refractivity contribution in [1.29, 1.82) is 0 Å². The van der Waals surface area contributed by atoms with E-state index in [0.717, 1.165) is 49.3 Å². The van der Waals surface area contributed by atoms with Gasteiger partial charge in [0.1, 0.15) is 24.2 Å². The molecule has 5 N–H and O–H groups in total. The number of aromatic amines is 1. The van der Waals surface area contributed by atoms with Crippen LogP contribution in [0, 0.1) is 5.92 Å². The highest BCUT2D eigenvalue weighted by atomic mass is 16.6. The molecule has 2 bridgehead atoms. The molecule has 3 atom stereocenters. The number of hydrogen-bond acceptors (Lipinski definition) is 10. The highest BCUT2D eigenvalue weighted by Gasteiger charge is 2.37. The number of aryl methyl sites for hydroxylation is 1. The van der Waals surface area contributed by atoms with Gasteiger partial charge < -0.3 is 40.2 Å². The lowest BCUT2D eigenvalue weighted by Gasteiger charge is -2.43. The zero-order valence-electron chi connectivity index (χ0n) is 32.4. The second-order valence-electron chi connectivity index (χ2n) is 14.8. The topological polar surface area (TPSA) is 174 Å². The molecule has 8 rings (SSSR count). The first-order valence-corrected chi connectivity index (χ1v) is 19.7. The molecule has 5 heterocycles. The average Bonchev–Trinajstić information content (AvgIpc) is 3.61. The van der Waals surface area contributed by atoms with Crippen LogP contribution >= 0.6 is 0 Å². The predicted octanol–water partition coefficient (Wildman–Crippen LogP) is 4.63. The summed E-state index contributed by atoms with van der Waals surface area (Å²) < 4.78 is 13.9. The van der Waals surface area contributed by atoms with E-state index in [4.69, 9.17) is 9.47 Å². The van der Waals surface area contributed by atoms with Crippen molar-refractivity contribution in [2.45, 2.75) is 51.0 Å². The van der Waals surface area contributed by atoms with Crippen LogP contribution in [0.2, 0.25) is 0 Å². The van der Waals surface area contributed by atoms with Gasteiger partial charge in [-0.2, -0.15) is 5.10 Å². The Bertz CT molecular complexity index is 2220. The number of aliphatic hydroxyl groups is 1.